The van der Waals surface area contributed by atoms with E-state index in [1.807, 2.05) is 59.5 Å². The van der Waals surface area contributed by atoms with Crippen molar-refractivity contribution < 1.29 is 23.7 Å². The number of para-hydroxylation sites is 1. The van der Waals surface area contributed by atoms with Gasteiger partial charge >= 0.3 is 0 Å². The summed E-state index contributed by atoms with van der Waals surface area (Å²) in [5, 5.41) is 0. The number of benzene rings is 3. The Bertz CT molecular complexity index is 1380. The van der Waals surface area contributed by atoms with Crippen molar-refractivity contribution >= 4 is 23.1 Å². The molecule has 1 amide bonds. The van der Waals surface area contributed by atoms with E-state index in [1.165, 1.54) is 0 Å². The fraction of sp³-hybridized carbons (Fsp3) is 0.200. The molecule has 33 heavy (non-hydrogen) atoms. The fourth-order valence-corrected chi connectivity index (χ4v) is 5.26. The molecule has 1 unspecified atom stereocenters. The molecule has 3 aromatic carbocycles. The molecule has 8 heteroatoms. The van der Waals surface area contributed by atoms with E-state index >= 15 is 0 Å². The SMILES string of the molecule is NC1=Nc2cc3c(cc2C2(C1)C(=O)N(Cc1ccc4c(c1)OCO4)c1ccccc12)OCO3. The van der Waals surface area contributed by atoms with Gasteiger partial charge in [-0.05, 0) is 35.4 Å². The van der Waals surface area contributed by atoms with Crippen molar-refractivity contribution in [1.29, 1.82) is 0 Å². The number of rotatable bonds is 2. The zero-order chi connectivity index (χ0) is 22.2. The van der Waals surface area contributed by atoms with E-state index in [-0.39, 0.29) is 19.5 Å². The van der Waals surface area contributed by atoms with E-state index in [0.29, 0.717) is 47.5 Å². The third-order valence-electron chi connectivity index (χ3n) is 6.70. The van der Waals surface area contributed by atoms with Gasteiger partial charge < -0.3 is 29.6 Å². The summed E-state index contributed by atoms with van der Waals surface area (Å²) in [6, 6.07) is 17.3. The number of hydrogen-bond donors (Lipinski definition) is 1. The van der Waals surface area contributed by atoms with E-state index in [0.717, 1.165) is 22.4 Å². The number of anilines is 1. The van der Waals surface area contributed by atoms with Gasteiger partial charge in [-0.1, -0.05) is 24.3 Å². The summed E-state index contributed by atoms with van der Waals surface area (Å²) in [6.45, 7) is 0.745. The molecule has 4 heterocycles. The van der Waals surface area contributed by atoms with Crippen molar-refractivity contribution in [3.05, 3.63) is 71.3 Å². The van der Waals surface area contributed by atoms with E-state index in [1.54, 1.807) is 0 Å². The number of nitrogens with two attached hydrogens (primary N) is 1. The summed E-state index contributed by atoms with van der Waals surface area (Å²) in [5.74, 6) is 2.99. The van der Waals surface area contributed by atoms with Crippen molar-refractivity contribution in [2.45, 2.75) is 18.4 Å². The van der Waals surface area contributed by atoms with Crippen LogP contribution >= 0.6 is 0 Å². The second kappa shape index (κ2) is 6.41. The van der Waals surface area contributed by atoms with Crippen LogP contribution in [0.15, 0.2) is 59.6 Å². The Morgan fingerprint density at radius 1 is 0.879 bits per heavy atom. The number of hydrogen-bond acceptors (Lipinski definition) is 7. The van der Waals surface area contributed by atoms with Crippen molar-refractivity contribution in [2.75, 3.05) is 18.5 Å². The molecule has 0 aliphatic carbocycles. The molecule has 8 nitrogen and oxygen atoms in total. The van der Waals surface area contributed by atoms with Gasteiger partial charge in [0.25, 0.3) is 0 Å². The molecule has 1 atom stereocenters. The molecule has 4 aliphatic rings. The van der Waals surface area contributed by atoms with Crippen LogP contribution in [0.1, 0.15) is 23.1 Å². The highest BCUT2D eigenvalue weighted by atomic mass is 16.7. The van der Waals surface area contributed by atoms with Gasteiger partial charge in [0.2, 0.25) is 19.5 Å². The van der Waals surface area contributed by atoms with Gasteiger partial charge in [0.15, 0.2) is 23.0 Å². The van der Waals surface area contributed by atoms with Gasteiger partial charge in [0.05, 0.1) is 12.2 Å². The van der Waals surface area contributed by atoms with Gasteiger partial charge in [-0.3, -0.25) is 4.79 Å². The van der Waals surface area contributed by atoms with Crippen molar-refractivity contribution in [2.24, 2.45) is 10.7 Å². The minimum absolute atomic E-state index is 0.0423. The molecule has 0 radical (unpaired) electrons. The maximum Gasteiger partial charge on any atom is 0.243 e. The second-order valence-electron chi connectivity index (χ2n) is 8.50. The lowest BCUT2D eigenvalue weighted by molar-refractivity contribution is -0.121. The smallest absolute Gasteiger partial charge is 0.243 e. The van der Waals surface area contributed by atoms with E-state index in [2.05, 4.69) is 4.99 Å². The molecule has 164 valence electrons. The lowest BCUT2D eigenvalue weighted by Gasteiger charge is -2.33. The number of amides is 1. The van der Waals surface area contributed by atoms with E-state index in [4.69, 9.17) is 24.7 Å². The molecule has 4 aliphatic heterocycles. The summed E-state index contributed by atoms with van der Waals surface area (Å²) >= 11 is 0. The van der Waals surface area contributed by atoms with Gasteiger partial charge in [-0.2, -0.15) is 0 Å². The average molecular weight is 441 g/mol. The van der Waals surface area contributed by atoms with Crippen molar-refractivity contribution in [1.82, 2.24) is 0 Å². The third-order valence-corrected chi connectivity index (χ3v) is 6.70. The number of fused-ring (bicyclic) bond motifs is 6. The zero-order valence-corrected chi connectivity index (χ0v) is 17.5. The van der Waals surface area contributed by atoms with Crippen LogP contribution in [0.25, 0.3) is 0 Å². The number of amidine groups is 1. The van der Waals surface area contributed by atoms with Gasteiger partial charge in [0, 0.05) is 23.7 Å². The molecule has 0 aromatic heterocycles. The number of carbonyl (C=O) groups is 1. The molecule has 2 N–H and O–H groups in total. The summed E-state index contributed by atoms with van der Waals surface area (Å²) in [6.07, 6.45) is 0.299. The first-order valence-corrected chi connectivity index (χ1v) is 10.7. The van der Waals surface area contributed by atoms with Crippen LogP contribution in [-0.2, 0) is 16.8 Å². The van der Waals surface area contributed by atoms with Crippen LogP contribution in [-0.4, -0.2) is 25.3 Å². The van der Waals surface area contributed by atoms with Gasteiger partial charge in [-0.15, -0.1) is 0 Å². The Morgan fingerprint density at radius 2 is 1.61 bits per heavy atom. The average Bonchev–Trinajstić information content (AvgIpc) is 3.52. The largest absolute Gasteiger partial charge is 0.454 e. The lowest BCUT2D eigenvalue weighted by Crippen LogP contribution is -2.45. The van der Waals surface area contributed by atoms with Crippen LogP contribution in [0.5, 0.6) is 23.0 Å². The lowest BCUT2D eigenvalue weighted by atomic mass is 9.70. The Labute approximate surface area is 189 Å². The highest BCUT2D eigenvalue weighted by Gasteiger charge is 2.55. The Morgan fingerprint density at radius 3 is 2.45 bits per heavy atom. The Hall–Kier alpha value is -4.20. The molecule has 1 spiro atoms. The standard InChI is InChI=1S/C25H19N3O5/c26-23-10-25(16-8-21-22(33-13-32-21)9-17(16)27-23)15-3-1-2-4-18(15)28(24(25)29)11-14-5-6-19-20(7-14)31-12-30-19/h1-9H,10-13H2,(H2,26,27). The zero-order valence-electron chi connectivity index (χ0n) is 17.5. The summed E-state index contributed by atoms with van der Waals surface area (Å²) in [7, 11) is 0. The summed E-state index contributed by atoms with van der Waals surface area (Å²) in [5.41, 5.74) is 9.46. The number of ether oxygens (including phenoxy) is 4. The minimum atomic E-state index is -0.977. The number of aliphatic imine (C=N–C) groups is 1. The molecular formula is C25H19N3O5. The monoisotopic (exact) mass is 441 g/mol. The van der Waals surface area contributed by atoms with Crippen molar-refractivity contribution in [3.63, 3.8) is 0 Å². The van der Waals surface area contributed by atoms with Crippen LogP contribution in [0, 0.1) is 0 Å². The molecule has 3 aromatic rings. The molecule has 0 fully saturated rings. The predicted molar refractivity (Wildman–Crippen MR) is 119 cm³/mol. The van der Waals surface area contributed by atoms with Crippen LogP contribution < -0.4 is 29.6 Å². The van der Waals surface area contributed by atoms with E-state index < -0.39 is 5.41 Å². The quantitative estimate of drug-likeness (QED) is 0.655. The second-order valence-corrected chi connectivity index (χ2v) is 8.50. The van der Waals surface area contributed by atoms with Crippen LogP contribution in [0.3, 0.4) is 0 Å². The molecule has 0 saturated carbocycles. The van der Waals surface area contributed by atoms with Crippen LogP contribution in [0.2, 0.25) is 0 Å². The normalized spacial score (nSPS) is 21.3. The highest BCUT2D eigenvalue weighted by Crippen LogP contribution is 2.55. The Balaban J connectivity index is 1.38. The topological polar surface area (TPSA) is 95.6 Å². The number of carbonyl (C=O) groups excluding carboxylic acids is 1. The first kappa shape index (κ1) is 18.4. The number of nitrogens with zero attached hydrogens (tertiary/aromatic N) is 2. The van der Waals surface area contributed by atoms with Gasteiger partial charge in [-0.25, -0.2) is 4.99 Å². The summed E-state index contributed by atoms with van der Waals surface area (Å²) in [4.78, 5) is 20.6. The summed E-state index contributed by atoms with van der Waals surface area (Å²) < 4.78 is 22.1. The third kappa shape index (κ3) is 2.46. The maximum atomic E-state index is 14.3. The molecular weight excluding hydrogens is 422 g/mol. The first-order valence-electron chi connectivity index (χ1n) is 10.7. The molecule has 0 saturated heterocycles. The molecule has 0 bridgehead atoms. The maximum absolute atomic E-state index is 14.3. The predicted octanol–water partition coefficient (Wildman–Crippen LogP) is 3.37. The van der Waals surface area contributed by atoms with Crippen molar-refractivity contribution in [3.8, 4) is 23.0 Å². The van der Waals surface area contributed by atoms with Crippen LogP contribution in [0.4, 0.5) is 11.4 Å². The van der Waals surface area contributed by atoms with Gasteiger partial charge in [0.1, 0.15) is 11.3 Å². The molecule has 7 rings (SSSR count). The minimum Gasteiger partial charge on any atom is -0.454 e. The fourth-order valence-electron chi connectivity index (χ4n) is 5.26. The van der Waals surface area contributed by atoms with E-state index in [9.17, 15) is 4.79 Å². The first-order chi connectivity index (χ1) is 16.1. The Kier molecular flexibility index (Phi) is 3.57. The highest BCUT2D eigenvalue weighted by molar-refractivity contribution is 6.14.